The average molecular weight is 246 g/mol. The molecule has 0 aliphatic heterocycles. The number of ketones is 2. The summed E-state index contributed by atoms with van der Waals surface area (Å²) in [6.07, 6.45) is 9.73. The molecule has 0 amide bonds. The number of hydrogen-bond donors (Lipinski definition) is 0. The third-order valence-corrected chi connectivity index (χ3v) is 5.02. The fourth-order valence-corrected chi connectivity index (χ4v) is 3.99. The van der Waals surface area contributed by atoms with Crippen LogP contribution in [-0.4, -0.2) is 11.6 Å². The molecular weight excluding hydrogens is 224 g/mol. The van der Waals surface area contributed by atoms with Gasteiger partial charge >= 0.3 is 0 Å². The van der Waals surface area contributed by atoms with Gasteiger partial charge in [0.2, 0.25) is 0 Å². The highest BCUT2D eigenvalue weighted by atomic mass is 16.1. The summed E-state index contributed by atoms with van der Waals surface area (Å²) in [6.45, 7) is 7.72. The van der Waals surface area contributed by atoms with Crippen LogP contribution in [0, 0.1) is 10.8 Å². The SMILES string of the molecule is C=CCC[C@@]12CCC(=O)C[C@]1(C=C)CCCC2=O. The second-order valence-corrected chi connectivity index (χ2v) is 5.76. The van der Waals surface area contributed by atoms with E-state index in [1.165, 1.54) is 0 Å². The van der Waals surface area contributed by atoms with Crippen molar-refractivity contribution in [2.45, 2.75) is 51.4 Å². The molecule has 0 aromatic rings. The van der Waals surface area contributed by atoms with Gasteiger partial charge in [-0.3, -0.25) is 9.59 Å². The van der Waals surface area contributed by atoms with Crippen LogP contribution >= 0.6 is 0 Å². The molecule has 2 nitrogen and oxygen atoms in total. The Kier molecular flexibility index (Phi) is 3.56. The minimum Gasteiger partial charge on any atom is -0.300 e. The van der Waals surface area contributed by atoms with Crippen molar-refractivity contribution >= 4 is 11.6 Å². The quantitative estimate of drug-likeness (QED) is 0.710. The van der Waals surface area contributed by atoms with E-state index >= 15 is 0 Å². The van der Waals surface area contributed by atoms with Crippen molar-refractivity contribution in [2.24, 2.45) is 10.8 Å². The Hall–Kier alpha value is -1.18. The van der Waals surface area contributed by atoms with Gasteiger partial charge in [0.1, 0.15) is 11.6 Å². The van der Waals surface area contributed by atoms with Crippen LogP contribution in [0.15, 0.2) is 25.3 Å². The van der Waals surface area contributed by atoms with Crippen LogP contribution in [-0.2, 0) is 9.59 Å². The monoisotopic (exact) mass is 246 g/mol. The maximum atomic E-state index is 12.5. The molecule has 0 aromatic carbocycles. The van der Waals surface area contributed by atoms with Gasteiger partial charge in [0, 0.05) is 30.1 Å². The summed E-state index contributed by atoms with van der Waals surface area (Å²) >= 11 is 0. The molecule has 2 saturated carbocycles. The summed E-state index contributed by atoms with van der Waals surface area (Å²) in [5.74, 6) is 0.641. The first-order chi connectivity index (χ1) is 8.60. The molecule has 2 rings (SSSR count). The van der Waals surface area contributed by atoms with E-state index in [0.717, 1.165) is 25.7 Å². The van der Waals surface area contributed by atoms with Gasteiger partial charge in [-0.25, -0.2) is 0 Å². The Bertz CT molecular complexity index is 392. The third-order valence-electron chi connectivity index (χ3n) is 5.02. The van der Waals surface area contributed by atoms with E-state index in [1.54, 1.807) is 0 Å². The van der Waals surface area contributed by atoms with Gasteiger partial charge in [-0.05, 0) is 32.1 Å². The second-order valence-electron chi connectivity index (χ2n) is 5.76. The minimum atomic E-state index is -0.338. The van der Waals surface area contributed by atoms with Crippen LogP contribution in [0.1, 0.15) is 51.4 Å². The van der Waals surface area contributed by atoms with Gasteiger partial charge in [-0.15, -0.1) is 13.2 Å². The number of rotatable bonds is 4. The van der Waals surface area contributed by atoms with E-state index in [-0.39, 0.29) is 10.8 Å². The lowest BCUT2D eigenvalue weighted by Gasteiger charge is -2.54. The highest BCUT2D eigenvalue weighted by molar-refractivity contribution is 5.91. The molecule has 0 aromatic heterocycles. The highest BCUT2D eigenvalue weighted by Gasteiger charge is 2.57. The van der Waals surface area contributed by atoms with Crippen LogP contribution in [0.3, 0.4) is 0 Å². The Morgan fingerprint density at radius 1 is 1.17 bits per heavy atom. The summed E-state index contributed by atoms with van der Waals surface area (Å²) in [5, 5.41) is 0. The van der Waals surface area contributed by atoms with Gasteiger partial charge in [0.05, 0.1) is 0 Å². The molecule has 0 spiro atoms. The topological polar surface area (TPSA) is 34.1 Å². The zero-order chi connectivity index (χ0) is 13.2. The molecule has 2 atom stereocenters. The minimum absolute atomic E-state index is 0.277. The van der Waals surface area contributed by atoms with Crippen molar-refractivity contribution < 1.29 is 9.59 Å². The molecular formula is C16H22O2. The molecule has 2 heteroatoms. The number of carbonyl (C=O) groups is 2. The first-order valence-electron chi connectivity index (χ1n) is 6.90. The van der Waals surface area contributed by atoms with E-state index in [4.69, 9.17) is 0 Å². The molecule has 0 unspecified atom stereocenters. The normalized spacial score (nSPS) is 36.0. The molecule has 98 valence electrons. The van der Waals surface area contributed by atoms with Gasteiger partial charge in [0.15, 0.2) is 0 Å². The predicted octanol–water partition coefficient (Wildman–Crippen LogP) is 3.62. The Morgan fingerprint density at radius 3 is 2.61 bits per heavy atom. The molecule has 0 bridgehead atoms. The highest BCUT2D eigenvalue weighted by Crippen LogP contribution is 2.59. The smallest absolute Gasteiger partial charge is 0.139 e. The lowest BCUT2D eigenvalue weighted by Crippen LogP contribution is -2.53. The Balaban J connectivity index is 2.42. The lowest BCUT2D eigenvalue weighted by molar-refractivity contribution is -0.149. The third kappa shape index (κ3) is 1.79. The van der Waals surface area contributed by atoms with Crippen LogP contribution in [0.5, 0.6) is 0 Å². The van der Waals surface area contributed by atoms with Crippen LogP contribution in [0.2, 0.25) is 0 Å². The zero-order valence-electron chi connectivity index (χ0n) is 11.0. The number of allylic oxidation sites excluding steroid dienone is 2. The first-order valence-corrected chi connectivity index (χ1v) is 6.90. The van der Waals surface area contributed by atoms with E-state index in [1.807, 2.05) is 12.2 Å². The molecule has 0 heterocycles. The summed E-state index contributed by atoms with van der Waals surface area (Å²) < 4.78 is 0. The van der Waals surface area contributed by atoms with Crippen LogP contribution in [0.4, 0.5) is 0 Å². The molecule has 0 radical (unpaired) electrons. The summed E-state index contributed by atoms with van der Waals surface area (Å²) in [6, 6.07) is 0. The van der Waals surface area contributed by atoms with Crippen molar-refractivity contribution in [3.05, 3.63) is 25.3 Å². The zero-order valence-corrected chi connectivity index (χ0v) is 11.0. The fourth-order valence-electron chi connectivity index (χ4n) is 3.99. The molecule has 2 aliphatic rings. The number of Topliss-reactive ketones (excluding diaryl/α,β-unsaturated/α-hetero) is 2. The average Bonchev–Trinajstić information content (AvgIpc) is 2.37. The van der Waals surface area contributed by atoms with Crippen molar-refractivity contribution in [3.63, 3.8) is 0 Å². The number of fused-ring (bicyclic) bond motifs is 1. The summed E-state index contributed by atoms with van der Waals surface area (Å²) in [5.41, 5.74) is -0.615. The number of carbonyl (C=O) groups excluding carboxylic acids is 2. The number of hydrogen-bond acceptors (Lipinski definition) is 2. The van der Waals surface area contributed by atoms with Crippen LogP contribution in [0.25, 0.3) is 0 Å². The summed E-state index contributed by atoms with van der Waals surface area (Å²) in [7, 11) is 0. The van der Waals surface area contributed by atoms with Crippen molar-refractivity contribution in [3.8, 4) is 0 Å². The molecule has 18 heavy (non-hydrogen) atoms. The Labute approximate surface area is 109 Å². The van der Waals surface area contributed by atoms with Gasteiger partial charge in [-0.2, -0.15) is 0 Å². The van der Waals surface area contributed by atoms with E-state index in [0.29, 0.717) is 37.2 Å². The van der Waals surface area contributed by atoms with Gasteiger partial charge < -0.3 is 0 Å². The first kappa shape index (κ1) is 13.3. The van der Waals surface area contributed by atoms with E-state index in [9.17, 15) is 9.59 Å². The van der Waals surface area contributed by atoms with E-state index in [2.05, 4.69) is 13.2 Å². The second kappa shape index (κ2) is 4.83. The molecule has 0 N–H and O–H groups in total. The van der Waals surface area contributed by atoms with Crippen molar-refractivity contribution in [1.29, 1.82) is 0 Å². The largest absolute Gasteiger partial charge is 0.300 e. The summed E-state index contributed by atoms with van der Waals surface area (Å²) in [4.78, 5) is 24.4. The maximum absolute atomic E-state index is 12.5. The lowest BCUT2D eigenvalue weighted by atomic mass is 9.48. The maximum Gasteiger partial charge on any atom is 0.139 e. The standard InChI is InChI=1S/C16H22O2/c1-3-5-10-16-11-8-13(17)12-15(16,4-2)9-6-7-14(16)18/h3-4H,1-2,5-12H2/t15-,16-/m0/s1. The van der Waals surface area contributed by atoms with Gasteiger partial charge in [0.25, 0.3) is 0 Å². The van der Waals surface area contributed by atoms with Crippen LogP contribution < -0.4 is 0 Å². The molecule has 0 saturated heterocycles. The Morgan fingerprint density at radius 2 is 1.94 bits per heavy atom. The molecule has 2 aliphatic carbocycles. The van der Waals surface area contributed by atoms with E-state index < -0.39 is 0 Å². The van der Waals surface area contributed by atoms with Gasteiger partial charge in [-0.1, -0.05) is 12.2 Å². The predicted molar refractivity (Wildman–Crippen MR) is 72.2 cm³/mol. The molecule has 2 fully saturated rings. The van der Waals surface area contributed by atoms with Crippen molar-refractivity contribution in [1.82, 2.24) is 0 Å². The van der Waals surface area contributed by atoms with Crippen molar-refractivity contribution in [2.75, 3.05) is 0 Å². The fraction of sp³-hybridized carbons (Fsp3) is 0.625.